The van der Waals surface area contributed by atoms with Crippen LogP contribution in [0.3, 0.4) is 0 Å². The SMILES string of the molecule is Nc1ccc2cc(-c3cc(F)ccc3[N+](=O)[O-])ccc2n1. The van der Waals surface area contributed by atoms with E-state index >= 15 is 0 Å². The Bertz CT molecular complexity index is 865. The van der Waals surface area contributed by atoms with Crippen LogP contribution in [0.2, 0.25) is 0 Å². The van der Waals surface area contributed by atoms with E-state index in [4.69, 9.17) is 5.73 Å². The second-order valence-corrected chi connectivity index (χ2v) is 4.56. The van der Waals surface area contributed by atoms with Gasteiger partial charge < -0.3 is 5.73 Å². The van der Waals surface area contributed by atoms with Crippen molar-refractivity contribution in [2.45, 2.75) is 0 Å². The second kappa shape index (κ2) is 4.82. The number of benzene rings is 2. The van der Waals surface area contributed by atoms with Crippen molar-refractivity contribution in [3.05, 3.63) is 64.5 Å². The Balaban J connectivity index is 2.23. The highest BCUT2D eigenvalue weighted by atomic mass is 19.1. The Morgan fingerprint density at radius 2 is 1.90 bits per heavy atom. The van der Waals surface area contributed by atoms with Crippen molar-refractivity contribution in [2.24, 2.45) is 0 Å². The van der Waals surface area contributed by atoms with Crippen LogP contribution in [0.5, 0.6) is 0 Å². The lowest BCUT2D eigenvalue weighted by molar-refractivity contribution is -0.384. The number of nitro groups is 1. The Morgan fingerprint density at radius 1 is 1.10 bits per heavy atom. The van der Waals surface area contributed by atoms with Gasteiger partial charge in [-0.15, -0.1) is 0 Å². The summed E-state index contributed by atoms with van der Waals surface area (Å²) in [6.07, 6.45) is 0. The second-order valence-electron chi connectivity index (χ2n) is 4.56. The van der Waals surface area contributed by atoms with Gasteiger partial charge in [0, 0.05) is 11.5 Å². The minimum Gasteiger partial charge on any atom is -0.384 e. The van der Waals surface area contributed by atoms with Crippen molar-refractivity contribution >= 4 is 22.4 Å². The van der Waals surface area contributed by atoms with Crippen LogP contribution in [0.4, 0.5) is 15.9 Å². The van der Waals surface area contributed by atoms with Gasteiger partial charge in [-0.1, -0.05) is 6.07 Å². The molecular weight excluding hydrogens is 273 g/mol. The van der Waals surface area contributed by atoms with Crippen molar-refractivity contribution in [3.63, 3.8) is 0 Å². The molecule has 6 heteroatoms. The van der Waals surface area contributed by atoms with E-state index in [-0.39, 0.29) is 11.3 Å². The molecule has 0 aliphatic carbocycles. The van der Waals surface area contributed by atoms with E-state index < -0.39 is 10.7 Å². The fourth-order valence-electron chi connectivity index (χ4n) is 2.21. The van der Waals surface area contributed by atoms with Crippen LogP contribution in [0, 0.1) is 15.9 Å². The first kappa shape index (κ1) is 13.0. The lowest BCUT2D eigenvalue weighted by Gasteiger charge is -2.05. The molecule has 0 unspecified atom stereocenters. The first-order valence-corrected chi connectivity index (χ1v) is 6.15. The maximum absolute atomic E-state index is 13.4. The van der Waals surface area contributed by atoms with E-state index in [0.29, 0.717) is 16.9 Å². The van der Waals surface area contributed by atoms with Crippen LogP contribution in [-0.2, 0) is 0 Å². The molecule has 3 rings (SSSR count). The van der Waals surface area contributed by atoms with Gasteiger partial charge in [0.1, 0.15) is 11.6 Å². The third-order valence-electron chi connectivity index (χ3n) is 3.18. The normalized spacial score (nSPS) is 10.7. The molecule has 104 valence electrons. The van der Waals surface area contributed by atoms with Gasteiger partial charge in [0.15, 0.2) is 0 Å². The average molecular weight is 283 g/mol. The monoisotopic (exact) mass is 283 g/mol. The summed E-state index contributed by atoms with van der Waals surface area (Å²) in [5.41, 5.74) is 6.94. The molecule has 0 radical (unpaired) electrons. The van der Waals surface area contributed by atoms with Gasteiger partial charge in [-0.05, 0) is 42.0 Å². The zero-order chi connectivity index (χ0) is 15.0. The summed E-state index contributed by atoms with van der Waals surface area (Å²) in [6.45, 7) is 0. The highest BCUT2D eigenvalue weighted by Crippen LogP contribution is 2.32. The van der Waals surface area contributed by atoms with Gasteiger partial charge in [0.2, 0.25) is 0 Å². The molecule has 21 heavy (non-hydrogen) atoms. The zero-order valence-electron chi connectivity index (χ0n) is 10.8. The summed E-state index contributed by atoms with van der Waals surface area (Å²) < 4.78 is 13.4. The standard InChI is InChI=1S/C15H10FN3O2/c16-11-3-5-14(19(20)21)12(8-11)9-1-4-13-10(7-9)2-6-15(17)18-13/h1-8H,(H2,17,18). The van der Waals surface area contributed by atoms with Crippen molar-refractivity contribution in [1.82, 2.24) is 4.98 Å². The Labute approximate surface area is 119 Å². The molecule has 0 atom stereocenters. The number of pyridine rings is 1. The third kappa shape index (κ3) is 2.38. The maximum Gasteiger partial charge on any atom is 0.277 e. The van der Waals surface area contributed by atoms with Gasteiger partial charge in [0.25, 0.3) is 5.69 Å². The lowest BCUT2D eigenvalue weighted by atomic mass is 10.0. The van der Waals surface area contributed by atoms with Gasteiger partial charge in [-0.25, -0.2) is 9.37 Å². The molecule has 0 fully saturated rings. The Hall–Kier alpha value is -3.02. The number of anilines is 1. The predicted octanol–water partition coefficient (Wildman–Crippen LogP) is 3.53. The molecule has 2 N–H and O–H groups in total. The Morgan fingerprint density at radius 3 is 2.67 bits per heavy atom. The maximum atomic E-state index is 13.4. The van der Waals surface area contributed by atoms with Crippen molar-refractivity contribution < 1.29 is 9.31 Å². The van der Waals surface area contributed by atoms with Crippen molar-refractivity contribution in [1.29, 1.82) is 0 Å². The first-order chi connectivity index (χ1) is 10.0. The zero-order valence-corrected chi connectivity index (χ0v) is 10.8. The fraction of sp³-hybridized carbons (Fsp3) is 0. The molecule has 0 saturated heterocycles. The summed E-state index contributed by atoms with van der Waals surface area (Å²) in [4.78, 5) is 14.7. The molecule has 3 aromatic rings. The van der Waals surface area contributed by atoms with E-state index in [0.717, 1.165) is 23.6 Å². The van der Waals surface area contributed by atoms with E-state index in [9.17, 15) is 14.5 Å². The molecule has 0 saturated carbocycles. The number of hydrogen-bond donors (Lipinski definition) is 1. The molecule has 0 spiro atoms. The van der Waals surface area contributed by atoms with Gasteiger partial charge in [-0.2, -0.15) is 0 Å². The minimum atomic E-state index is -0.528. The molecule has 1 heterocycles. The average Bonchev–Trinajstić information content (AvgIpc) is 2.46. The topological polar surface area (TPSA) is 82.0 Å². The van der Waals surface area contributed by atoms with Crippen molar-refractivity contribution in [2.75, 3.05) is 5.73 Å². The first-order valence-electron chi connectivity index (χ1n) is 6.15. The van der Waals surface area contributed by atoms with Crippen LogP contribution in [0.1, 0.15) is 0 Å². The van der Waals surface area contributed by atoms with E-state index in [1.807, 2.05) is 0 Å². The number of hydrogen-bond acceptors (Lipinski definition) is 4. The quantitative estimate of drug-likeness (QED) is 0.576. The van der Waals surface area contributed by atoms with E-state index in [1.54, 1.807) is 30.3 Å². The highest BCUT2D eigenvalue weighted by molar-refractivity contribution is 5.87. The summed E-state index contributed by atoms with van der Waals surface area (Å²) in [7, 11) is 0. The largest absolute Gasteiger partial charge is 0.384 e. The predicted molar refractivity (Wildman–Crippen MR) is 78.2 cm³/mol. The number of nitrogens with zero attached hydrogens (tertiary/aromatic N) is 2. The molecular formula is C15H10FN3O2. The number of nitro benzene ring substituents is 1. The van der Waals surface area contributed by atoms with Gasteiger partial charge in [0.05, 0.1) is 16.0 Å². The number of nitrogen functional groups attached to an aromatic ring is 1. The van der Waals surface area contributed by atoms with Crippen LogP contribution in [0.25, 0.3) is 22.0 Å². The highest BCUT2D eigenvalue weighted by Gasteiger charge is 2.16. The van der Waals surface area contributed by atoms with Crippen molar-refractivity contribution in [3.8, 4) is 11.1 Å². The fourth-order valence-corrected chi connectivity index (χ4v) is 2.21. The molecule has 0 bridgehead atoms. The summed E-state index contributed by atoms with van der Waals surface area (Å²) in [5.74, 6) is -0.127. The molecule has 0 aliphatic rings. The smallest absolute Gasteiger partial charge is 0.277 e. The molecule has 1 aromatic heterocycles. The third-order valence-corrected chi connectivity index (χ3v) is 3.18. The summed E-state index contributed by atoms with van der Waals surface area (Å²) >= 11 is 0. The van der Waals surface area contributed by atoms with Crippen LogP contribution in [0.15, 0.2) is 48.5 Å². The van der Waals surface area contributed by atoms with Gasteiger partial charge in [-0.3, -0.25) is 10.1 Å². The Kier molecular flexibility index (Phi) is 2.98. The lowest BCUT2D eigenvalue weighted by Crippen LogP contribution is -1.94. The minimum absolute atomic E-state index is 0.140. The number of fused-ring (bicyclic) bond motifs is 1. The number of nitrogens with two attached hydrogens (primary N) is 1. The van der Waals surface area contributed by atoms with E-state index in [1.165, 1.54) is 0 Å². The molecule has 5 nitrogen and oxygen atoms in total. The number of halogens is 1. The van der Waals surface area contributed by atoms with Gasteiger partial charge >= 0.3 is 0 Å². The number of rotatable bonds is 2. The van der Waals surface area contributed by atoms with E-state index in [2.05, 4.69) is 4.98 Å². The molecule has 0 aliphatic heterocycles. The van der Waals surface area contributed by atoms with Crippen LogP contribution in [-0.4, -0.2) is 9.91 Å². The molecule has 2 aromatic carbocycles. The summed E-state index contributed by atoms with van der Waals surface area (Å²) in [5, 5.41) is 11.8. The summed E-state index contributed by atoms with van der Waals surface area (Å²) in [6, 6.07) is 11.9. The van der Waals surface area contributed by atoms with Crippen LogP contribution < -0.4 is 5.73 Å². The molecule has 0 amide bonds. The number of aromatic nitrogens is 1. The van der Waals surface area contributed by atoms with Crippen LogP contribution >= 0.6 is 0 Å².